The monoisotopic (exact) mass is 291 g/mol. The zero-order chi connectivity index (χ0) is 14.9. The third-order valence-corrected chi connectivity index (χ3v) is 3.97. The minimum Gasteiger partial charge on any atom is -0.755 e. The lowest BCUT2D eigenvalue weighted by molar-refractivity contribution is -0.110. The van der Waals surface area contributed by atoms with E-state index in [1.807, 2.05) is 32.9 Å². The van der Waals surface area contributed by atoms with Gasteiger partial charge in [-0.15, -0.1) is 0 Å². The van der Waals surface area contributed by atoms with Gasteiger partial charge in [0, 0.05) is 6.21 Å². The summed E-state index contributed by atoms with van der Waals surface area (Å²) in [6.07, 6.45) is 4.98. The first-order valence-corrected chi connectivity index (χ1v) is 7.11. The molecular formula is C14H15N2O3S-. The Morgan fingerprint density at radius 1 is 1.30 bits per heavy atom. The average Bonchev–Trinajstić information content (AvgIpc) is 2.82. The van der Waals surface area contributed by atoms with E-state index < -0.39 is 16.9 Å². The molecule has 5 nitrogen and oxygen atoms in total. The molecule has 106 valence electrons. The summed E-state index contributed by atoms with van der Waals surface area (Å²) in [5.74, 6) is 0. The number of carbonyl (C=O) groups excluding carboxylic acids is 1. The second-order valence-corrected chi connectivity index (χ2v) is 5.60. The van der Waals surface area contributed by atoms with E-state index in [9.17, 15) is 13.6 Å². The fraction of sp³-hybridized carbons (Fsp3) is 0.286. The van der Waals surface area contributed by atoms with E-state index in [4.69, 9.17) is 0 Å². The maximum Gasteiger partial charge on any atom is 0.217 e. The number of rotatable bonds is 4. The Morgan fingerprint density at radius 2 is 1.90 bits per heavy atom. The van der Waals surface area contributed by atoms with Crippen LogP contribution in [-0.4, -0.2) is 26.9 Å². The minimum atomic E-state index is -2.62. The summed E-state index contributed by atoms with van der Waals surface area (Å²) in [5.41, 5.74) is 1.56. The first-order chi connectivity index (χ1) is 9.41. The first-order valence-electron chi connectivity index (χ1n) is 6.08. The number of hydrogen-bond acceptors (Lipinski definition) is 4. The zero-order valence-corrected chi connectivity index (χ0v) is 12.3. The van der Waals surface area contributed by atoms with Crippen LogP contribution < -0.4 is 4.31 Å². The lowest BCUT2D eigenvalue weighted by Crippen LogP contribution is -2.48. The van der Waals surface area contributed by atoms with Crippen molar-refractivity contribution in [2.75, 3.05) is 4.31 Å². The van der Waals surface area contributed by atoms with Crippen LogP contribution in [0.5, 0.6) is 0 Å². The summed E-state index contributed by atoms with van der Waals surface area (Å²) in [6.45, 7) is 5.57. The van der Waals surface area contributed by atoms with Gasteiger partial charge in [0.1, 0.15) is 0 Å². The number of benzene rings is 1. The molecule has 2 unspecified atom stereocenters. The molecule has 1 heterocycles. The van der Waals surface area contributed by atoms with Gasteiger partial charge in [-0.25, -0.2) is 0 Å². The lowest BCUT2D eigenvalue weighted by Gasteiger charge is -2.38. The van der Waals surface area contributed by atoms with E-state index in [1.165, 1.54) is 12.3 Å². The molecule has 1 aromatic carbocycles. The Labute approximate surface area is 120 Å². The molecule has 0 saturated carbocycles. The van der Waals surface area contributed by atoms with Crippen LogP contribution in [0.3, 0.4) is 0 Å². The van der Waals surface area contributed by atoms with Crippen molar-refractivity contribution in [2.24, 2.45) is 4.99 Å². The molecule has 0 amide bonds. The smallest absolute Gasteiger partial charge is 0.217 e. The van der Waals surface area contributed by atoms with Gasteiger partial charge in [-0.3, -0.25) is 18.3 Å². The van der Waals surface area contributed by atoms with Gasteiger partial charge in [0.15, 0.2) is 6.29 Å². The van der Waals surface area contributed by atoms with Crippen molar-refractivity contribution in [1.29, 1.82) is 0 Å². The number of carbonyl (C=O) groups is 1. The molecule has 20 heavy (non-hydrogen) atoms. The molecule has 0 radical (unpaired) electrons. The molecule has 6 heteroatoms. The highest BCUT2D eigenvalue weighted by atomic mass is 32.2. The molecule has 0 fully saturated rings. The van der Waals surface area contributed by atoms with Gasteiger partial charge in [0.25, 0.3) is 0 Å². The molecule has 1 aliphatic heterocycles. The number of aldehydes is 1. The number of aliphatic imine (C=N–C) groups is 1. The SMILES string of the molecule is Cc1cc(C)c(N(S(=O)[O-])C2(C=O)C=CC=N2)c(C)c1. The molecule has 0 saturated heterocycles. The minimum absolute atomic E-state index is 0.486. The van der Waals surface area contributed by atoms with Gasteiger partial charge in [-0.05, 0) is 44.1 Å². The van der Waals surface area contributed by atoms with Crippen molar-refractivity contribution in [3.8, 4) is 0 Å². The molecule has 0 aromatic heterocycles. The Hall–Kier alpha value is -1.79. The molecule has 1 aliphatic rings. The van der Waals surface area contributed by atoms with E-state index in [1.54, 1.807) is 6.08 Å². The molecule has 2 atom stereocenters. The van der Waals surface area contributed by atoms with Crippen molar-refractivity contribution in [2.45, 2.75) is 26.4 Å². The number of anilines is 1. The predicted molar refractivity (Wildman–Crippen MR) is 78.5 cm³/mol. The number of allylic oxidation sites excluding steroid dienone is 1. The average molecular weight is 291 g/mol. The summed E-state index contributed by atoms with van der Waals surface area (Å²) in [6, 6.07) is 3.76. The third kappa shape index (κ3) is 2.32. The van der Waals surface area contributed by atoms with Gasteiger partial charge < -0.3 is 4.55 Å². The van der Waals surface area contributed by atoms with E-state index in [0.717, 1.165) is 21.0 Å². The highest BCUT2D eigenvalue weighted by Gasteiger charge is 2.37. The molecular weight excluding hydrogens is 276 g/mol. The van der Waals surface area contributed by atoms with Crippen molar-refractivity contribution in [3.05, 3.63) is 41.0 Å². The Morgan fingerprint density at radius 3 is 2.30 bits per heavy atom. The highest BCUT2D eigenvalue weighted by Crippen LogP contribution is 2.34. The topological polar surface area (TPSA) is 72.8 Å². The molecule has 0 aliphatic carbocycles. The standard InChI is InChI=1S/C14H16N2O3S/c1-10-7-11(2)13(12(3)8-10)16(20(18)19)14(9-17)5-4-6-15-14/h4-9H,1-3H3,(H,18,19)/p-1. The predicted octanol–water partition coefficient (Wildman–Crippen LogP) is 1.75. The molecule has 0 spiro atoms. The zero-order valence-electron chi connectivity index (χ0n) is 11.5. The fourth-order valence-electron chi connectivity index (χ4n) is 2.49. The Bertz CT molecular complexity index is 602. The van der Waals surface area contributed by atoms with Crippen LogP contribution in [0.2, 0.25) is 0 Å². The normalized spacial score (nSPS) is 22.0. The van der Waals surface area contributed by atoms with Gasteiger partial charge in [0.2, 0.25) is 5.66 Å². The van der Waals surface area contributed by atoms with E-state index in [-0.39, 0.29) is 0 Å². The maximum atomic E-state index is 11.7. The van der Waals surface area contributed by atoms with Gasteiger partial charge in [-0.1, -0.05) is 17.7 Å². The summed E-state index contributed by atoms with van der Waals surface area (Å²) in [5, 5.41) is 0. The molecule has 2 rings (SSSR count). The second-order valence-electron chi connectivity index (χ2n) is 4.80. The van der Waals surface area contributed by atoms with E-state index >= 15 is 0 Å². The Balaban J connectivity index is 2.67. The van der Waals surface area contributed by atoms with Crippen molar-refractivity contribution < 1.29 is 13.6 Å². The van der Waals surface area contributed by atoms with Crippen LogP contribution >= 0.6 is 0 Å². The van der Waals surface area contributed by atoms with Crippen LogP contribution in [0.25, 0.3) is 0 Å². The Kier molecular flexibility index (Phi) is 3.87. The highest BCUT2D eigenvalue weighted by molar-refractivity contribution is 7.80. The lowest BCUT2D eigenvalue weighted by atomic mass is 10.0. The third-order valence-electron chi connectivity index (χ3n) is 3.20. The fourth-order valence-corrected chi connectivity index (χ4v) is 3.32. The van der Waals surface area contributed by atoms with Gasteiger partial charge in [-0.2, -0.15) is 0 Å². The molecule has 0 N–H and O–H groups in total. The maximum absolute atomic E-state index is 11.7. The molecule has 1 aromatic rings. The van der Waals surface area contributed by atoms with Crippen LogP contribution in [0, 0.1) is 20.8 Å². The quantitative estimate of drug-likeness (QED) is 0.626. The van der Waals surface area contributed by atoms with Crippen molar-refractivity contribution in [3.63, 3.8) is 0 Å². The largest absolute Gasteiger partial charge is 0.755 e. The summed E-state index contributed by atoms with van der Waals surface area (Å²) >= 11 is -2.62. The van der Waals surface area contributed by atoms with Crippen molar-refractivity contribution >= 4 is 29.5 Å². The van der Waals surface area contributed by atoms with Gasteiger partial charge in [0.05, 0.1) is 17.0 Å². The van der Waals surface area contributed by atoms with E-state index in [2.05, 4.69) is 4.99 Å². The summed E-state index contributed by atoms with van der Waals surface area (Å²) in [7, 11) is 0. The second kappa shape index (κ2) is 5.30. The summed E-state index contributed by atoms with van der Waals surface area (Å²) < 4.78 is 24.4. The van der Waals surface area contributed by atoms with Crippen LogP contribution in [0.4, 0.5) is 5.69 Å². The number of aryl methyl sites for hydroxylation is 3. The van der Waals surface area contributed by atoms with Crippen LogP contribution in [0.15, 0.2) is 29.3 Å². The van der Waals surface area contributed by atoms with Crippen molar-refractivity contribution in [1.82, 2.24) is 0 Å². The van der Waals surface area contributed by atoms with E-state index in [0.29, 0.717) is 12.0 Å². The number of nitrogens with zero attached hydrogens (tertiary/aromatic N) is 2. The number of hydrogen-bond donors (Lipinski definition) is 0. The molecule has 0 bridgehead atoms. The van der Waals surface area contributed by atoms with Gasteiger partial charge >= 0.3 is 0 Å². The van der Waals surface area contributed by atoms with Crippen LogP contribution in [0.1, 0.15) is 16.7 Å². The summed E-state index contributed by atoms with van der Waals surface area (Å²) in [4.78, 5) is 15.5. The first kappa shape index (κ1) is 14.6. The van der Waals surface area contributed by atoms with Crippen LogP contribution in [-0.2, 0) is 16.1 Å².